The molecule has 6 heteroatoms. The van der Waals surface area contributed by atoms with Crippen LogP contribution < -0.4 is 10.1 Å². The molecule has 0 bridgehead atoms. The first-order valence-corrected chi connectivity index (χ1v) is 6.30. The summed E-state index contributed by atoms with van der Waals surface area (Å²) in [5.74, 6) is 0.463. The molecule has 0 saturated heterocycles. The number of likely N-dealkylation sites (N-methyl/N-ethyl adjacent to an activating group) is 1. The highest BCUT2D eigenvalue weighted by Crippen LogP contribution is 2.29. The van der Waals surface area contributed by atoms with Gasteiger partial charge in [0.25, 0.3) is 0 Å². The highest BCUT2D eigenvalue weighted by Gasteiger charge is 2.39. The van der Waals surface area contributed by atoms with Gasteiger partial charge in [-0.1, -0.05) is 22.9 Å². The lowest BCUT2D eigenvalue weighted by Gasteiger charge is -2.22. The Bertz CT molecular complexity index is 395. The maximum absolute atomic E-state index is 12.8. The molecule has 102 valence electrons. The third-order valence-electron chi connectivity index (χ3n) is 2.51. The van der Waals surface area contributed by atoms with Crippen molar-refractivity contribution in [2.45, 2.75) is 25.6 Å². The van der Waals surface area contributed by atoms with Crippen LogP contribution in [0.3, 0.4) is 0 Å². The van der Waals surface area contributed by atoms with Gasteiger partial charge in [-0.25, -0.2) is 0 Å². The van der Waals surface area contributed by atoms with Crippen molar-refractivity contribution in [2.24, 2.45) is 0 Å². The summed E-state index contributed by atoms with van der Waals surface area (Å²) < 4.78 is 44.2. The molecule has 0 aliphatic rings. The van der Waals surface area contributed by atoms with E-state index in [4.69, 9.17) is 4.74 Å². The van der Waals surface area contributed by atoms with E-state index < -0.39 is 12.2 Å². The van der Waals surface area contributed by atoms with Crippen molar-refractivity contribution in [3.63, 3.8) is 0 Å². The van der Waals surface area contributed by atoms with Crippen LogP contribution in [-0.2, 0) is 6.42 Å². The largest absolute Gasteiger partial charge is 0.496 e. The lowest BCUT2D eigenvalue weighted by molar-refractivity contribution is -0.155. The average Bonchev–Trinajstić information content (AvgIpc) is 2.27. The van der Waals surface area contributed by atoms with E-state index in [0.717, 1.165) is 4.47 Å². The minimum Gasteiger partial charge on any atom is -0.496 e. The Morgan fingerprint density at radius 1 is 1.39 bits per heavy atom. The van der Waals surface area contributed by atoms with Crippen molar-refractivity contribution >= 4 is 15.9 Å². The standard InChI is InChI=1S/C12H15BrF3NO/c1-3-17-11(12(14,15)16)7-8-6-9(13)4-5-10(8)18-2/h4-6,11,17H,3,7H2,1-2H3. The molecule has 1 unspecified atom stereocenters. The van der Waals surface area contributed by atoms with E-state index in [1.807, 2.05) is 0 Å². The molecule has 0 aliphatic heterocycles. The monoisotopic (exact) mass is 325 g/mol. The summed E-state index contributed by atoms with van der Waals surface area (Å²) in [5, 5.41) is 2.45. The zero-order valence-electron chi connectivity index (χ0n) is 10.1. The van der Waals surface area contributed by atoms with E-state index in [0.29, 0.717) is 11.3 Å². The third kappa shape index (κ3) is 4.17. The van der Waals surface area contributed by atoms with Crippen molar-refractivity contribution in [1.29, 1.82) is 0 Å². The zero-order valence-corrected chi connectivity index (χ0v) is 11.7. The van der Waals surface area contributed by atoms with Gasteiger partial charge in [0.1, 0.15) is 11.8 Å². The van der Waals surface area contributed by atoms with Crippen LogP contribution in [0.1, 0.15) is 12.5 Å². The Balaban J connectivity index is 2.96. The first kappa shape index (κ1) is 15.3. The highest BCUT2D eigenvalue weighted by molar-refractivity contribution is 9.10. The fourth-order valence-corrected chi connectivity index (χ4v) is 2.09. The van der Waals surface area contributed by atoms with Gasteiger partial charge in [0.2, 0.25) is 0 Å². The van der Waals surface area contributed by atoms with Gasteiger partial charge < -0.3 is 10.1 Å². The number of benzene rings is 1. The van der Waals surface area contributed by atoms with Gasteiger partial charge in [0.15, 0.2) is 0 Å². The van der Waals surface area contributed by atoms with Crippen LogP contribution in [0.15, 0.2) is 22.7 Å². The van der Waals surface area contributed by atoms with Crippen molar-refractivity contribution < 1.29 is 17.9 Å². The third-order valence-corrected chi connectivity index (χ3v) is 3.01. The molecule has 0 fully saturated rings. The lowest BCUT2D eigenvalue weighted by atomic mass is 10.0. The second-order valence-corrected chi connectivity index (χ2v) is 4.73. The minimum atomic E-state index is -4.27. The fourth-order valence-electron chi connectivity index (χ4n) is 1.68. The molecule has 0 aliphatic carbocycles. The van der Waals surface area contributed by atoms with Crippen LogP contribution in [0.25, 0.3) is 0 Å². The normalized spacial score (nSPS) is 13.4. The summed E-state index contributed by atoms with van der Waals surface area (Å²) in [6, 6.07) is 3.47. The molecule has 1 rings (SSSR count). The number of halogens is 4. The van der Waals surface area contributed by atoms with Crippen LogP contribution in [0.5, 0.6) is 5.75 Å². The molecule has 0 radical (unpaired) electrons. The van der Waals surface area contributed by atoms with E-state index >= 15 is 0 Å². The summed E-state index contributed by atoms with van der Waals surface area (Å²) in [7, 11) is 1.45. The van der Waals surface area contributed by atoms with Crippen molar-refractivity contribution in [3.05, 3.63) is 28.2 Å². The van der Waals surface area contributed by atoms with Gasteiger partial charge in [-0.05, 0) is 30.3 Å². The SMILES string of the molecule is CCNC(Cc1cc(Br)ccc1OC)C(F)(F)F. The number of ether oxygens (including phenoxy) is 1. The molecule has 1 atom stereocenters. The molecule has 0 heterocycles. The van der Waals surface area contributed by atoms with E-state index in [9.17, 15) is 13.2 Å². The Morgan fingerprint density at radius 3 is 2.56 bits per heavy atom. The van der Waals surface area contributed by atoms with Crippen LogP contribution in [0.2, 0.25) is 0 Å². The molecule has 18 heavy (non-hydrogen) atoms. The van der Waals surface area contributed by atoms with Crippen molar-refractivity contribution in [1.82, 2.24) is 5.32 Å². The predicted molar refractivity (Wildman–Crippen MR) is 67.9 cm³/mol. The Morgan fingerprint density at radius 2 is 2.06 bits per heavy atom. The molecule has 1 N–H and O–H groups in total. The second-order valence-electron chi connectivity index (χ2n) is 3.81. The number of nitrogens with one attached hydrogen (secondary N) is 1. The van der Waals surface area contributed by atoms with Gasteiger partial charge >= 0.3 is 6.18 Å². The summed E-state index contributed by atoms with van der Waals surface area (Å²) in [4.78, 5) is 0. The van der Waals surface area contributed by atoms with E-state index in [1.165, 1.54) is 7.11 Å². The van der Waals surface area contributed by atoms with E-state index in [1.54, 1.807) is 25.1 Å². The Labute approximate surface area is 113 Å². The van der Waals surface area contributed by atoms with Gasteiger partial charge in [-0.2, -0.15) is 13.2 Å². The lowest BCUT2D eigenvalue weighted by Crippen LogP contribution is -2.43. The molecular weight excluding hydrogens is 311 g/mol. The van der Waals surface area contributed by atoms with Gasteiger partial charge in [-0.3, -0.25) is 0 Å². The average molecular weight is 326 g/mol. The molecule has 0 spiro atoms. The number of hydrogen-bond acceptors (Lipinski definition) is 2. The second kappa shape index (κ2) is 6.43. The number of alkyl halides is 3. The predicted octanol–water partition coefficient (Wildman–Crippen LogP) is 3.54. The number of hydrogen-bond donors (Lipinski definition) is 1. The van der Waals surface area contributed by atoms with Crippen LogP contribution in [0, 0.1) is 0 Å². The molecule has 0 aromatic heterocycles. The van der Waals surface area contributed by atoms with Gasteiger partial charge in [0.05, 0.1) is 7.11 Å². The fraction of sp³-hybridized carbons (Fsp3) is 0.500. The maximum Gasteiger partial charge on any atom is 0.404 e. The van der Waals surface area contributed by atoms with Gasteiger partial charge in [-0.15, -0.1) is 0 Å². The van der Waals surface area contributed by atoms with Crippen molar-refractivity contribution in [3.8, 4) is 5.75 Å². The molecule has 1 aromatic rings. The Kier molecular flexibility index (Phi) is 5.47. The molecule has 0 saturated carbocycles. The highest BCUT2D eigenvalue weighted by atomic mass is 79.9. The smallest absolute Gasteiger partial charge is 0.404 e. The Hall–Kier alpha value is -0.750. The first-order chi connectivity index (χ1) is 8.38. The number of methoxy groups -OCH3 is 1. The molecular formula is C12H15BrF3NO. The topological polar surface area (TPSA) is 21.3 Å². The van der Waals surface area contributed by atoms with Crippen molar-refractivity contribution in [2.75, 3.05) is 13.7 Å². The quantitative estimate of drug-likeness (QED) is 0.894. The summed E-state index contributed by atoms with van der Waals surface area (Å²) >= 11 is 3.25. The summed E-state index contributed by atoms with van der Waals surface area (Å²) in [5.41, 5.74) is 0.523. The van der Waals surface area contributed by atoms with E-state index in [-0.39, 0.29) is 13.0 Å². The molecule has 2 nitrogen and oxygen atoms in total. The van der Waals surface area contributed by atoms with E-state index in [2.05, 4.69) is 21.2 Å². The summed E-state index contributed by atoms with van der Waals surface area (Å²) in [6.45, 7) is 1.91. The number of rotatable bonds is 5. The first-order valence-electron chi connectivity index (χ1n) is 5.51. The molecule has 1 aromatic carbocycles. The van der Waals surface area contributed by atoms with Crippen LogP contribution >= 0.6 is 15.9 Å². The summed E-state index contributed by atoms with van der Waals surface area (Å²) in [6.07, 6.45) is -4.43. The molecule has 0 amide bonds. The zero-order chi connectivity index (χ0) is 13.8. The van der Waals surface area contributed by atoms with Crippen LogP contribution in [0.4, 0.5) is 13.2 Å². The van der Waals surface area contributed by atoms with Gasteiger partial charge in [0, 0.05) is 10.9 Å². The van der Waals surface area contributed by atoms with Crippen LogP contribution in [-0.4, -0.2) is 25.9 Å². The minimum absolute atomic E-state index is 0.153. The maximum atomic E-state index is 12.8.